The Morgan fingerprint density at radius 2 is 1.71 bits per heavy atom. The number of nitrogens with zero attached hydrogens (tertiary/aromatic N) is 2. The Kier molecular flexibility index (Phi) is 8.15. The molecule has 0 bridgehead atoms. The van der Waals surface area contributed by atoms with Gasteiger partial charge in [-0.2, -0.15) is 0 Å². The highest BCUT2D eigenvalue weighted by molar-refractivity contribution is 6.02. The maximum atomic E-state index is 12.5. The lowest BCUT2D eigenvalue weighted by Gasteiger charge is -2.20. The van der Waals surface area contributed by atoms with E-state index in [9.17, 15) is 9.59 Å². The van der Waals surface area contributed by atoms with Crippen LogP contribution in [-0.4, -0.2) is 34.3 Å². The number of carbonyl (C=O) groups is 2. The van der Waals surface area contributed by atoms with E-state index in [1.54, 1.807) is 6.07 Å². The number of rotatable bonds is 8. The molecule has 0 radical (unpaired) electrons. The highest BCUT2D eigenvalue weighted by atomic mass is 16.6. The van der Waals surface area contributed by atoms with E-state index in [4.69, 9.17) is 14.5 Å². The molecular weight excluding hydrogens is 478 g/mol. The van der Waals surface area contributed by atoms with Crippen molar-refractivity contribution in [1.29, 1.82) is 0 Å². The minimum atomic E-state index is -0.581. The molecule has 0 aliphatic carbocycles. The average Bonchev–Trinajstić information content (AvgIpc) is 3.24. The Bertz CT molecular complexity index is 1430. The number of anilines is 1. The number of hydrogen-bond acceptors (Lipinski definition) is 5. The molecule has 3 aromatic carbocycles. The number of hydrogen-bond donors (Lipinski definition) is 1. The van der Waals surface area contributed by atoms with Gasteiger partial charge in [0.2, 0.25) is 0 Å². The first kappa shape index (κ1) is 26.9. The number of unbranched alkanes of at least 4 members (excludes halogenated alkanes) is 1. The maximum absolute atomic E-state index is 12.5. The largest absolute Gasteiger partial charge is 0.465 e. The lowest BCUT2D eigenvalue weighted by Crippen LogP contribution is -2.27. The van der Waals surface area contributed by atoms with Crippen LogP contribution in [0.3, 0.4) is 0 Å². The molecule has 0 aliphatic rings. The normalized spacial score (nSPS) is 11.4. The summed E-state index contributed by atoms with van der Waals surface area (Å²) in [6.45, 7) is 8.23. The van der Waals surface area contributed by atoms with Gasteiger partial charge in [-0.05, 0) is 56.5 Å². The average molecular weight is 514 g/mol. The van der Waals surface area contributed by atoms with Crippen molar-refractivity contribution in [2.75, 3.05) is 12.4 Å². The van der Waals surface area contributed by atoms with Crippen molar-refractivity contribution in [3.05, 3.63) is 83.7 Å². The van der Waals surface area contributed by atoms with Gasteiger partial charge in [-0.3, -0.25) is 5.32 Å². The van der Waals surface area contributed by atoms with Crippen LogP contribution in [0.4, 0.5) is 10.5 Å². The number of ether oxygens (including phenoxy) is 2. The molecule has 0 unspecified atom stereocenters. The molecule has 0 saturated heterocycles. The Hall–Kier alpha value is -4.13. The first-order chi connectivity index (χ1) is 18.2. The Morgan fingerprint density at radius 1 is 0.974 bits per heavy atom. The molecule has 0 spiro atoms. The number of aromatic nitrogens is 2. The van der Waals surface area contributed by atoms with Crippen LogP contribution in [0.2, 0.25) is 0 Å². The van der Waals surface area contributed by atoms with E-state index in [0.717, 1.165) is 52.8 Å². The number of methoxy groups -OCH3 is 1. The van der Waals surface area contributed by atoms with Gasteiger partial charge in [0, 0.05) is 18.5 Å². The van der Waals surface area contributed by atoms with Gasteiger partial charge in [-0.1, -0.05) is 61.9 Å². The predicted molar refractivity (Wildman–Crippen MR) is 151 cm³/mol. The second-order valence-corrected chi connectivity index (χ2v) is 10.3. The van der Waals surface area contributed by atoms with Crippen LogP contribution in [0.15, 0.2) is 66.7 Å². The van der Waals surface area contributed by atoms with Crippen molar-refractivity contribution in [2.24, 2.45) is 0 Å². The lowest BCUT2D eigenvalue weighted by atomic mass is 10.0. The molecule has 1 amide bonds. The van der Waals surface area contributed by atoms with Crippen LogP contribution in [0, 0.1) is 0 Å². The van der Waals surface area contributed by atoms with Gasteiger partial charge in [0.15, 0.2) is 0 Å². The Balaban J connectivity index is 1.65. The second-order valence-electron chi connectivity index (χ2n) is 10.3. The molecule has 4 aromatic rings. The van der Waals surface area contributed by atoms with Gasteiger partial charge < -0.3 is 14.0 Å². The molecule has 38 heavy (non-hydrogen) atoms. The summed E-state index contributed by atoms with van der Waals surface area (Å²) in [6, 6.07) is 21.4. The van der Waals surface area contributed by atoms with Gasteiger partial charge >= 0.3 is 12.1 Å². The van der Waals surface area contributed by atoms with E-state index >= 15 is 0 Å². The lowest BCUT2D eigenvalue weighted by molar-refractivity contribution is 0.0599. The van der Waals surface area contributed by atoms with Crippen molar-refractivity contribution in [3.8, 4) is 11.1 Å². The Morgan fingerprint density at radius 3 is 2.39 bits per heavy atom. The van der Waals surface area contributed by atoms with Crippen LogP contribution in [-0.2, 0) is 22.4 Å². The number of aryl methyl sites for hydroxylation is 1. The van der Waals surface area contributed by atoms with Crippen molar-refractivity contribution in [2.45, 2.75) is 59.1 Å². The standard InChI is InChI=1S/C31H35N3O4/c1-6-7-15-27-32-26-14-10-12-24(29(35)37-5)28(26)34(27)20-21-16-18-22(19-17-21)23-11-8-9-13-25(23)33-30(36)38-31(2,3)4/h8-14,16-19H,6-7,15,20H2,1-5H3,(H,33,36). The van der Waals surface area contributed by atoms with Crippen LogP contribution in [0.25, 0.3) is 22.2 Å². The van der Waals surface area contributed by atoms with E-state index in [2.05, 4.69) is 28.9 Å². The van der Waals surface area contributed by atoms with Crippen molar-refractivity contribution >= 4 is 28.8 Å². The molecule has 1 heterocycles. The van der Waals surface area contributed by atoms with Crippen molar-refractivity contribution in [3.63, 3.8) is 0 Å². The van der Waals surface area contributed by atoms with E-state index in [1.807, 2.05) is 69.3 Å². The molecule has 1 aromatic heterocycles. The summed E-state index contributed by atoms with van der Waals surface area (Å²) in [4.78, 5) is 29.8. The molecule has 7 nitrogen and oxygen atoms in total. The minimum absolute atomic E-state index is 0.372. The third-order valence-corrected chi connectivity index (χ3v) is 6.17. The number of amides is 1. The zero-order chi connectivity index (χ0) is 27.3. The third kappa shape index (κ3) is 6.22. The number of imidazole rings is 1. The van der Waals surface area contributed by atoms with Crippen LogP contribution in [0.1, 0.15) is 62.3 Å². The summed E-state index contributed by atoms with van der Waals surface area (Å²) in [7, 11) is 1.40. The molecular formula is C31H35N3O4. The fraction of sp³-hybridized carbons (Fsp3) is 0.323. The highest BCUT2D eigenvalue weighted by Gasteiger charge is 2.20. The first-order valence-electron chi connectivity index (χ1n) is 12.9. The predicted octanol–water partition coefficient (Wildman–Crippen LogP) is 7.23. The Labute approximate surface area is 223 Å². The number of nitrogens with one attached hydrogen (secondary N) is 1. The molecule has 0 aliphatic heterocycles. The fourth-order valence-corrected chi connectivity index (χ4v) is 4.43. The SMILES string of the molecule is CCCCc1nc2cccc(C(=O)OC)c2n1Cc1ccc(-c2ccccc2NC(=O)OC(C)(C)C)cc1. The van der Waals surface area contributed by atoms with Gasteiger partial charge in [0.25, 0.3) is 0 Å². The molecule has 0 fully saturated rings. The summed E-state index contributed by atoms with van der Waals surface area (Å²) in [6.07, 6.45) is 2.40. The second kappa shape index (κ2) is 11.5. The summed E-state index contributed by atoms with van der Waals surface area (Å²) >= 11 is 0. The monoisotopic (exact) mass is 513 g/mol. The summed E-state index contributed by atoms with van der Waals surface area (Å²) in [5.41, 5.74) is 5.13. The zero-order valence-corrected chi connectivity index (χ0v) is 22.7. The van der Waals surface area contributed by atoms with Crippen molar-refractivity contribution in [1.82, 2.24) is 9.55 Å². The minimum Gasteiger partial charge on any atom is -0.465 e. The van der Waals surface area contributed by atoms with E-state index in [-0.39, 0.29) is 5.97 Å². The number of esters is 1. The van der Waals surface area contributed by atoms with E-state index < -0.39 is 11.7 Å². The van der Waals surface area contributed by atoms with Gasteiger partial charge in [0.1, 0.15) is 11.4 Å². The zero-order valence-electron chi connectivity index (χ0n) is 22.7. The van der Waals surface area contributed by atoms with Gasteiger partial charge in [-0.15, -0.1) is 0 Å². The molecule has 0 saturated carbocycles. The molecule has 0 atom stereocenters. The van der Waals surface area contributed by atoms with Crippen molar-refractivity contribution < 1.29 is 19.1 Å². The van der Waals surface area contributed by atoms with Gasteiger partial charge in [0.05, 0.1) is 29.4 Å². The summed E-state index contributed by atoms with van der Waals surface area (Å²) in [5.74, 6) is 0.581. The molecule has 1 N–H and O–H groups in total. The van der Waals surface area contributed by atoms with E-state index in [0.29, 0.717) is 17.8 Å². The first-order valence-corrected chi connectivity index (χ1v) is 12.9. The van der Waals surface area contributed by atoms with E-state index in [1.165, 1.54) is 7.11 Å². The number of fused-ring (bicyclic) bond motifs is 1. The summed E-state index contributed by atoms with van der Waals surface area (Å²) in [5, 5.41) is 2.87. The summed E-state index contributed by atoms with van der Waals surface area (Å²) < 4.78 is 12.6. The number of carbonyl (C=O) groups excluding carboxylic acids is 2. The number of benzene rings is 3. The third-order valence-electron chi connectivity index (χ3n) is 6.17. The van der Waals surface area contributed by atoms with Crippen LogP contribution >= 0.6 is 0 Å². The topological polar surface area (TPSA) is 82.5 Å². The van der Waals surface area contributed by atoms with Gasteiger partial charge in [-0.25, -0.2) is 14.6 Å². The maximum Gasteiger partial charge on any atom is 0.412 e. The quantitative estimate of drug-likeness (QED) is 0.251. The smallest absolute Gasteiger partial charge is 0.412 e. The molecule has 4 rings (SSSR count). The van der Waals surface area contributed by atoms with Crippen LogP contribution < -0.4 is 5.32 Å². The fourth-order valence-electron chi connectivity index (χ4n) is 4.43. The van der Waals surface area contributed by atoms with Crippen LogP contribution in [0.5, 0.6) is 0 Å². The molecule has 198 valence electrons. The molecule has 7 heteroatoms. The number of para-hydroxylation sites is 2. The highest BCUT2D eigenvalue weighted by Crippen LogP contribution is 2.30.